The highest BCUT2D eigenvalue weighted by Crippen LogP contribution is 2.28. The fourth-order valence-corrected chi connectivity index (χ4v) is 3.96. The number of methoxy groups -OCH3 is 2. The van der Waals surface area contributed by atoms with Gasteiger partial charge >= 0.3 is 0 Å². The third-order valence-electron chi connectivity index (χ3n) is 5.87. The van der Waals surface area contributed by atoms with Gasteiger partial charge in [0.05, 0.1) is 27.4 Å². The average molecular weight is 471 g/mol. The molecule has 2 aromatic carbocycles. The molecule has 1 aliphatic heterocycles. The molecule has 8 nitrogen and oxygen atoms in total. The molecular formula is C26H34N2O6. The van der Waals surface area contributed by atoms with Crippen molar-refractivity contribution in [2.45, 2.75) is 38.5 Å². The third kappa shape index (κ3) is 7.12. The van der Waals surface area contributed by atoms with Gasteiger partial charge in [-0.2, -0.15) is 0 Å². The van der Waals surface area contributed by atoms with E-state index in [-0.39, 0.29) is 18.4 Å². The molecular weight excluding hydrogens is 436 g/mol. The second kappa shape index (κ2) is 12.8. The number of rotatable bonds is 13. The first-order chi connectivity index (χ1) is 16.5. The fraction of sp³-hybridized carbons (Fsp3) is 0.462. The van der Waals surface area contributed by atoms with Gasteiger partial charge < -0.3 is 29.5 Å². The Morgan fingerprint density at radius 2 is 1.85 bits per heavy atom. The van der Waals surface area contributed by atoms with E-state index in [4.69, 9.17) is 14.2 Å². The minimum atomic E-state index is -0.0699. The molecule has 0 atom stereocenters. The quantitative estimate of drug-likeness (QED) is 0.437. The number of ether oxygens (including phenoxy) is 3. The summed E-state index contributed by atoms with van der Waals surface area (Å²) in [7, 11) is 3.19. The van der Waals surface area contributed by atoms with Crippen LogP contribution >= 0.6 is 0 Å². The molecule has 0 bridgehead atoms. The Balaban J connectivity index is 1.41. The summed E-state index contributed by atoms with van der Waals surface area (Å²) in [6.45, 7) is 1.29. The van der Waals surface area contributed by atoms with Gasteiger partial charge in [-0.15, -0.1) is 0 Å². The third-order valence-corrected chi connectivity index (χ3v) is 5.87. The fourth-order valence-electron chi connectivity index (χ4n) is 3.96. The van der Waals surface area contributed by atoms with Crippen molar-refractivity contribution >= 4 is 17.5 Å². The molecule has 1 heterocycles. The van der Waals surface area contributed by atoms with Crippen LogP contribution in [0.1, 0.15) is 36.8 Å². The highest BCUT2D eigenvalue weighted by Gasteiger charge is 2.16. The maximum absolute atomic E-state index is 12.7. The van der Waals surface area contributed by atoms with Crippen LogP contribution < -0.4 is 19.5 Å². The molecule has 3 rings (SSSR count). The number of aliphatic hydroxyl groups excluding tert-OH is 1. The van der Waals surface area contributed by atoms with Crippen LogP contribution in [0.4, 0.5) is 5.69 Å². The van der Waals surface area contributed by atoms with E-state index in [9.17, 15) is 14.7 Å². The Hall–Kier alpha value is -3.26. The topological polar surface area (TPSA) is 97.3 Å². The standard InChI is InChI=1S/C26H34N2O6/c1-32-23-10-6-19(17-24(23)33-2)12-13-28(14-15-29)26(31)5-3-4-16-34-21-8-9-22-20(18-21)7-11-25(30)27-22/h6,8-10,17-18,29H,3-5,7,11-16H2,1-2H3,(H,27,30). The molecule has 0 saturated heterocycles. The number of amides is 2. The molecule has 0 fully saturated rings. The minimum absolute atomic E-state index is 0.0269. The molecule has 8 heteroatoms. The zero-order chi connectivity index (χ0) is 24.3. The Morgan fingerprint density at radius 1 is 1.03 bits per heavy atom. The second-order valence-corrected chi connectivity index (χ2v) is 8.22. The first kappa shape index (κ1) is 25.4. The van der Waals surface area contributed by atoms with Crippen LogP contribution in [0, 0.1) is 0 Å². The van der Waals surface area contributed by atoms with Gasteiger partial charge in [-0.1, -0.05) is 6.07 Å². The normalized spacial score (nSPS) is 12.5. The molecule has 0 saturated carbocycles. The van der Waals surface area contributed by atoms with Gasteiger partial charge in [0, 0.05) is 31.6 Å². The summed E-state index contributed by atoms with van der Waals surface area (Å²) in [4.78, 5) is 25.9. The van der Waals surface area contributed by atoms with E-state index in [1.165, 1.54) is 0 Å². The molecule has 0 aromatic heterocycles. The van der Waals surface area contributed by atoms with Gasteiger partial charge in [-0.05, 0) is 67.1 Å². The van der Waals surface area contributed by atoms with Crippen LogP contribution in [0.15, 0.2) is 36.4 Å². The van der Waals surface area contributed by atoms with Gasteiger partial charge in [-0.3, -0.25) is 9.59 Å². The van der Waals surface area contributed by atoms with Crippen molar-refractivity contribution in [1.82, 2.24) is 4.90 Å². The van der Waals surface area contributed by atoms with Crippen LogP contribution in [0.2, 0.25) is 0 Å². The molecule has 0 unspecified atom stereocenters. The van der Waals surface area contributed by atoms with E-state index in [1.54, 1.807) is 19.1 Å². The summed E-state index contributed by atoms with van der Waals surface area (Å²) in [5.74, 6) is 2.17. The molecule has 2 N–H and O–H groups in total. The van der Waals surface area contributed by atoms with Crippen LogP contribution in [-0.4, -0.2) is 62.3 Å². The summed E-state index contributed by atoms with van der Waals surface area (Å²) in [5.41, 5.74) is 2.97. The molecule has 1 aliphatic rings. The molecule has 184 valence electrons. The van der Waals surface area contributed by atoms with E-state index in [0.717, 1.165) is 35.4 Å². The Bertz CT molecular complexity index is 978. The number of aliphatic hydroxyl groups is 1. The van der Waals surface area contributed by atoms with E-state index in [1.807, 2.05) is 36.4 Å². The average Bonchev–Trinajstić information content (AvgIpc) is 2.85. The Labute approximate surface area is 200 Å². The van der Waals surface area contributed by atoms with Crippen molar-refractivity contribution in [3.63, 3.8) is 0 Å². The first-order valence-corrected chi connectivity index (χ1v) is 11.7. The van der Waals surface area contributed by atoms with E-state index in [2.05, 4.69) is 5.32 Å². The summed E-state index contributed by atoms with van der Waals surface area (Å²) >= 11 is 0. The number of nitrogens with one attached hydrogen (secondary N) is 1. The number of hydrogen-bond donors (Lipinski definition) is 2. The number of fused-ring (bicyclic) bond motifs is 1. The molecule has 2 aromatic rings. The van der Waals surface area contributed by atoms with Gasteiger partial charge in [0.1, 0.15) is 5.75 Å². The smallest absolute Gasteiger partial charge is 0.224 e. The van der Waals surface area contributed by atoms with Crippen molar-refractivity contribution in [3.8, 4) is 17.2 Å². The SMILES string of the molecule is COc1ccc(CCN(CCO)C(=O)CCCCOc2ccc3c(c2)CCC(=O)N3)cc1OC. The lowest BCUT2D eigenvalue weighted by molar-refractivity contribution is -0.131. The van der Waals surface area contributed by atoms with E-state index < -0.39 is 0 Å². The lowest BCUT2D eigenvalue weighted by atomic mass is 10.0. The largest absolute Gasteiger partial charge is 0.494 e. The molecule has 0 spiro atoms. The molecule has 0 aliphatic carbocycles. The summed E-state index contributed by atoms with van der Waals surface area (Å²) < 4.78 is 16.4. The molecule has 34 heavy (non-hydrogen) atoms. The highest BCUT2D eigenvalue weighted by atomic mass is 16.5. The summed E-state index contributed by atoms with van der Waals surface area (Å²) in [5, 5.41) is 12.3. The summed E-state index contributed by atoms with van der Waals surface area (Å²) in [6, 6.07) is 11.4. The van der Waals surface area contributed by atoms with E-state index >= 15 is 0 Å². The first-order valence-electron chi connectivity index (χ1n) is 11.7. The number of carbonyl (C=O) groups is 2. The van der Waals surface area contributed by atoms with Crippen LogP contribution in [0.3, 0.4) is 0 Å². The molecule has 0 radical (unpaired) electrons. The zero-order valence-electron chi connectivity index (χ0n) is 20.0. The minimum Gasteiger partial charge on any atom is -0.494 e. The second-order valence-electron chi connectivity index (χ2n) is 8.22. The van der Waals surface area contributed by atoms with Gasteiger partial charge in [0.15, 0.2) is 11.5 Å². The number of unbranched alkanes of at least 4 members (excludes halogenated alkanes) is 1. The van der Waals surface area contributed by atoms with Crippen LogP contribution in [-0.2, 0) is 22.4 Å². The molecule has 2 amide bonds. The number of nitrogens with zero attached hydrogens (tertiary/aromatic N) is 1. The number of carbonyl (C=O) groups excluding carboxylic acids is 2. The predicted molar refractivity (Wildman–Crippen MR) is 130 cm³/mol. The number of anilines is 1. The summed E-state index contributed by atoms with van der Waals surface area (Å²) in [6.07, 6.45) is 3.74. The van der Waals surface area contributed by atoms with Crippen molar-refractivity contribution < 1.29 is 28.9 Å². The Morgan fingerprint density at radius 3 is 2.62 bits per heavy atom. The van der Waals surface area contributed by atoms with Gasteiger partial charge in [0.2, 0.25) is 11.8 Å². The van der Waals surface area contributed by atoms with Crippen molar-refractivity contribution in [2.24, 2.45) is 0 Å². The Kier molecular flexibility index (Phi) is 9.58. The lowest BCUT2D eigenvalue weighted by Gasteiger charge is -2.22. The van der Waals surface area contributed by atoms with Crippen molar-refractivity contribution in [3.05, 3.63) is 47.5 Å². The lowest BCUT2D eigenvalue weighted by Crippen LogP contribution is -2.35. The maximum atomic E-state index is 12.7. The van der Waals surface area contributed by atoms with Crippen LogP contribution in [0.5, 0.6) is 17.2 Å². The number of hydrogen-bond acceptors (Lipinski definition) is 6. The van der Waals surface area contributed by atoms with E-state index in [0.29, 0.717) is 56.9 Å². The predicted octanol–water partition coefficient (Wildman–Crippen LogP) is 3.20. The highest BCUT2D eigenvalue weighted by molar-refractivity contribution is 5.94. The maximum Gasteiger partial charge on any atom is 0.224 e. The number of aryl methyl sites for hydroxylation is 1. The number of benzene rings is 2. The van der Waals surface area contributed by atoms with Crippen molar-refractivity contribution in [1.29, 1.82) is 0 Å². The zero-order valence-corrected chi connectivity index (χ0v) is 20.0. The van der Waals surface area contributed by atoms with Gasteiger partial charge in [0.25, 0.3) is 0 Å². The monoisotopic (exact) mass is 470 g/mol. The van der Waals surface area contributed by atoms with Gasteiger partial charge in [-0.25, -0.2) is 0 Å². The van der Waals surface area contributed by atoms with Crippen molar-refractivity contribution in [2.75, 3.05) is 45.8 Å². The van der Waals surface area contributed by atoms with Crippen LogP contribution in [0.25, 0.3) is 0 Å².